The van der Waals surface area contributed by atoms with Crippen LogP contribution in [-0.4, -0.2) is 34.5 Å². The first kappa shape index (κ1) is 11.7. The number of pyridine rings is 1. The summed E-state index contributed by atoms with van der Waals surface area (Å²) in [6, 6.07) is 1.24. The molecule has 0 aliphatic heterocycles. The number of halogens is 2. The van der Waals surface area contributed by atoms with E-state index < -0.39 is 6.04 Å². The maximum absolute atomic E-state index is 8.83. The van der Waals surface area contributed by atoms with Crippen molar-refractivity contribution in [1.82, 2.24) is 4.98 Å². The lowest BCUT2D eigenvalue weighted by molar-refractivity contribution is 0.203. The molecule has 0 fully saturated rings. The first-order valence-corrected chi connectivity index (χ1v) is 5.13. The average molecular weight is 282 g/mol. The van der Waals surface area contributed by atoms with E-state index in [2.05, 4.69) is 26.2 Å². The summed E-state index contributed by atoms with van der Waals surface area (Å²) in [6.45, 7) is -0.352. The molecular formula is C8H10BrClN2O2. The lowest BCUT2D eigenvalue weighted by Crippen LogP contribution is -2.28. The van der Waals surface area contributed by atoms with Crippen molar-refractivity contribution in [3.8, 4) is 0 Å². The molecule has 0 saturated heterocycles. The molecule has 0 spiro atoms. The Morgan fingerprint density at radius 2 is 2.14 bits per heavy atom. The summed E-state index contributed by atoms with van der Waals surface area (Å²) < 4.78 is 0.776. The first-order chi connectivity index (χ1) is 6.67. The van der Waals surface area contributed by atoms with Crippen LogP contribution in [0.25, 0.3) is 0 Å². The monoisotopic (exact) mass is 280 g/mol. The van der Waals surface area contributed by atoms with E-state index in [1.807, 2.05) is 0 Å². The Labute approximate surface area is 95.1 Å². The van der Waals surface area contributed by atoms with Crippen LogP contribution in [0.5, 0.6) is 0 Å². The molecule has 0 unspecified atom stereocenters. The van der Waals surface area contributed by atoms with E-state index in [9.17, 15) is 0 Å². The number of nitrogens with one attached hydrogen (secondary N) is 1. The topological polar surface area (TPSA) is 65.4 Å². The van der Waals surface area contributed by atoms with Gasteiger partial charge < -0.3 is 15.5 Å². The fraction of sp³-hybridized carbons (Fsp3) is 0.375. The Kier molecular flexibility index (Phi) is 4.60. The maximum atomic E-state index is 8.83. The minimum atomic E-state index is -0.443. The highest BCUT2D eigenvalue weighted by Gasteiger charge is 2.09. The second-order valence-corrected chi connectivity index (χ2v) is 4.01. The van der Waals surface area contributed by atoms with Crippen LogP contribution in [0, 0.1) is 0 Å². The second-order valence-electron chi connectivity index (χ2n) is 2.69. The predicted molar refractivity (Wildman–Crippen MR) is 58.5 cm³/mol. The number of aliphatic hydroxyl groups excluding tert-OH is 2. The highest BCUT2D eigenvalue weighted by Crippen LogP contribution is 2.23. The third kappa shape index (κ3) is 3.09. The van der Waals surface area contributed by atoms with Crippen LogP contribution in [0.1, 0.15) is 0 Å². The second kappa shape index (κ2) is 5.50. The number of rotatable bonds is 4. The van der Waals surface area contributed by atoms with Gasteiger partial charge in [-0.25, -0.2) is 4.98 Å². The van der Waals surface area contributed by atoms with Crippen molar-refractivity contribution in [3.63, 3.8) is 0 Å². The van der Waals surface area contributed by atoms with Gasteiger partial charge in [-0.15, -0.1) is 0 Å². The summed E-state index contributed by atoms with van der Waals surface area (Å²) in [6.07, 6.45) is 1.58. The van der Waals surface area contributed by atoms with Crippen LogP contribution >= 0.6 is 27.5 Å². The molecule has 3 N–H and O–H groups in total. The van der Waals surface area contributed by atoms with Crippen LogP contribution in [0.15, 0.2) is 16.7 Å². The minimum absolute atomic E-state index is 0.176. The summed E-state index contributed by atoms with van der Waals surface area (Å²) in [5.74, 6) is 0.447. The molecule has 1 rings (SSSR count). The van der Waals surface area contributed by atoms with E-state index in [1.165, 1.54) is 0 Å². The highest BCUT2D eigenvalue weighted by atomic mass is 79.9. The molecule has 14 heavy (non-hydrogen) atoms. The number of aromatic nitrogens is 1. The van der Waals surface area contributed by atoms with Gasteiger partial charge in [-0.1, -0.05) is 11.6 Å². The number of anilines is 1. The molecular weight excluding hydrogens is 271 g/mol. The summed E-state index contributed by atoms with van der Waals surface area (Å²) in [5.41, 5.74) is 0. The van der Waals surface area contributed by atoms with Crippen molar-refractivity contribution >= 4 is 33.3 Å². The zero-order chi connectivity index (χ0) is 10.6. The number of aliphatic hydroxyl groups is 2. The van der Waals surface area contributed by atoms with Gasteiger partial charge in [0.25, 0.3) is 0 Å². The molecule has 78 valence electrons. The third-order valence-corrected chi connectivity index (χ3v) is 2.31. The van der Waals surface area contributed by atoms with Gasteiger partial charge in [0, 0.05) is 10.7 Å². The van der Waals surface area contributed by atoms with Crippen molar-refractivity contribution in [2.24, 2.45) is 0 Å². The van der Waals surface area contributed by atoms with Crippen molar-refractivity contribution in [2.75, 3.05) is 18.5 Å². The molecule has 0 aliphatic carbocycles. The Morgan fingerprint density at radius 1 is 1.50 bits per heavy atom. The smallest absolute Gasteiger partial charge is 0.145 e. The molecule has 1 aromatic heterocycles. The van der Waals surface area contributed by atoms with E-state index in [0.29, 0.717) is 10.8 Å². The van der Waals surface area contributed by atoms with E-state index in [0.717, 1.165) is 4.47 Å². The summed E-state index contributed by atoms with van der Waals surface area (Å²) in [4.78, 5) is 4.00. The maximum Gasteiger partial charge on any atom is 0.145 e. The van der Waals surface area contributed by atoms with Gasteiger partial charge >= 0.3 is 0 Å². The lowest BCUT2D eigenvalue weighted by Gasteiger charge is -2.14. The number of hydrogen-bond donors (Lipinski definition) is 3. The average Bonchev–Trinajstić information content (AvgIpc) is 2.17. The molecule has 4 nitrogen and oxygen atoms in total. The first-order valence-electron chi connectivity index (χ1n) is 3.96. The molecule has 0 saturated carbocycles. The Hall–Kier alpha value is -0.360. The molecule has 0 aromatic carbocycles. The van der Waals surface area contributed by atoms with Gasteiger partial charge in [-0.2, -0.15) is 0 Å². The van der Waals surface area contributed by atoms with E-state index >= 15 is 0 Å². The van der Waals surface area contributed by atoms with Crippen molar-refractivity contribution in [1.29, 1.82) is 0 Å². The molecule has 0 bridgehead atoms. The van der Waals surface area contributed by atoms with Crippen LogP contribution in [0.4, 0.5) is 5.82 Å². The van der Waals surface area contributed by atoms with E-state index in [1.54, 1.807) is 12.3 Å². The number of nitrogens with zero attached hydrogens (tertiary/aromatic N) is 1. The Morgan fingerprint density at radius 3 is 2.64 bits per heavy atom. The van der Waals surface area contributed by atoms with Gasteiger partial charge in [0.05, 0.1) is 24.3 Å². The lowest BCUT2D eigenvalue weighted by atomic mass is 10.3. The van der Waals surface area contributed by atoms with Crippen LogP contribution < -0.4 is 5.32 Å². The van der Waals surface area contributed by atoms with Crippen LogP contribution in [0.3, 0.4) is 0 Å². The SMILES string of the molecule is OCC(CO)Nc1ncc(Br)cc1Cl. The van der Waals surface area contributed by atoms with Crippen molar-refractivity contribution < 1.29 is 10.2 Å². The highest BCUT2D eigenvalue weighted by molar-refractivity contribution is 9.10. The quantitative estimate of drug-likeness (QED) is 0.777. The van der Waals surface area contributed by atoms with Gasteiger partial charge in [0.15, 0.2) is 0 Å². The Balaban J connectivity index is 2.76. The zero-order valence-electron chi connectivity index (χ0n) is 7.24. The summed E-state index contributed by atoms with van der Waals surface area (Å²) in [5, 5.41) is 20.9. The Bertz CT molecular complexity index is 307. The van der Waals surface area contributed by atoms with E-state index in [-0.39, 0.29) is 13.2 Å². The molecule has 0 aliphatic rings. The van der Waals surface area contributed by atoms with Crippen molar-refractivity contribution in [2.45, 2.75) is 6.04 Å². The number of hydrogen-bond acceptors (Lipinski definition) is 4. The fourth-order valence-corrected chi connectivity index (χ4v) is 1.55. The van der Waals surface area contributed by atoms with Crippen molar-refractivity contribution in [3.05, 3.63) is 21.8 Å². The normalized spacial score (nSPS) is 10.6. The van der Waals surface area contributed by atoms with Crippen LogP contribution in [0.2, 0.25) is 5.02 Å². The zero-order valence-corrected chi connectivity index (χ0v) is 9.59. The fourth-order valence-electron chi connectivity index (χ4n) is 0.863. The summed E-state index contributed by atoms with van der Waals surface area (Å²) >= 11 is 9.09. The molecule has 1 aromatic rings. The van der Waals surface area contributed by atoms with Gasteiger partial charge in [0.2, 0.25) is 0 Å². The van der Waals surface area contributed by atoms with Gasteiger partial charge in [-0.05, 0) is 22.0 Å². The molecule has 6 heteroatoms. The molecule has 0 atom stereocenters. The molecule has 0 radical (unpaired) electrons. The predicted octanol–water partition coefficient (Wildman–Crippen LogP) is 1.26. The van der Waals surface area contributed by atoms with E-state index in [4.69, 9.17) is 21.8 Å². The van der Waals surface area contributed by atoms with Gasteiger partial charge in [-0.3, -0.25) is 0 Å². The molecule has 1 heterocycles. The van der Waals surface area contributed by atoms with Gasteiger partial charge in [0.1, 0.15) is 5.82 Å². The summed E-state index contributed by atoms with van der Waals surface area (Å²) in [7, 11) is 0. The third-order valence-electron chi connectivity index (χ3n) is 1.59. The molecule has 0 amide bonds. The minimum Gasteiger partial charge on any atom is -0.394 e. The largest absolute Gasteiger partial charge is 0.394 e. The standard InChI is InChI=1S/C8H10BrClN2O2/c9-5-1-7(10)8(11-2-5)12-6(3-13)4-14/h1-2,6,13-14H,3-4H2,(H,11,12). The van der Waals surface area contributed by atoms with Crippen LogP contribution in [-0.2, 0) is 0 Å².